The summed E-state index contributed by atoms with van der Waals surface area (Å²) in [5.41, 5.74) is 0.684. The van der Waals surface area contributed by atoms with Gasteiger partial charge in [-0.05, 0) is 33.8 Å². The van der Waals surface area contributed by atoms with Crippen LogP contribution in [-0.2, 0) is 11.3 Å². The SMILES string of the molecule is CC1(C)CN(Cc2ccccc2O)CC(C)(C)O1. The van der Waals surface area contributed by atoms with E-state index in [0.29, 0.717) is 5.75 Å². The third kappa shape index (κ3) is 3.24. The van der Waals surface area contributed by atoms with Gasteiger partial charge in [0.15, 0.2) is 0 Å². The van der Waals surface area contributed by atoms with Crippen LogP contribution < -0.4 is 0 Å². The largest absolute Gasteiger partial charge is 0.508 e. The zero-order valence-electron chi connectivity index (χ0n) is 11.7. The zero-order valence-corrected chi connectivity index (χ0v) is 11.7. The minimum absolute atomic E-state index is 0.147. The summed E-state index contributed by atoms with van der Waals surface area (Å²) in [7, 11) is 0. The highest BCUT2D eigenvalue weighted by Crippen LogP contribution is 2.30. The van der Waals surface area contributed by atoms with E-state index in [1.54, 1.807) is 6.07 Å². The molecular weight excluding hydrogens is 226 g/mol. The minimum atomic E-state index is -0.147. The van der Waals surface area contributed by atoms with Crippen molar-refractivity contribution in [3.8, 4) is 5.75 Å². The van der Waals surface area contributed by atoms with Crippen LogP contribution >= 0.6 is 0 Å². The summed E-state index contributed by atoms with van der Waals surface area (Å²) in [6.07, 6.45) is 0. The molecule has 1 aromatic carbocycles. The first-order chi connectivity index (χ1) is 8.27. The van der Waals surface area contributed by atoms with Crippen molar-refractivity contribution < 1.29 is 9.84 Å². The lowest BCUT2D eigenvalue weighted by Gasteiger charge is -2.47. The molecule has 1 fully saturated rings. The van der Waals surface area contributed by atoms with E-state index in [0.717, 1.165) is 25.2 Å². The lowest BCUT2D eigenvalue weighted by Crippen LogP contribution is -2.56. The Labute approximate surface area is 109 Å². The Balaban J connectivity index is 2.12. The predicted octanol–water partition coefficient (Wildman–Crippen LogP) is 2.78. The summed E-state index contributed by atoms with van der Waals surface area (Å²) < 4.78 is 6.06. The standard InChI is InChI=1S/C15H23NO2/c1-14(2)10-16(11-15(3,4)18-14)9-12-7-5-6-8-13(12)17/h5-8,17H,9-11H2,1-4H3. The number of benzene rings is 1. The third-order valence-corrected chi connectivity index (χ3v) is 3.15. The molecule has 0 bridgehead atoms. The maximum atomic E-state index is 9.84. The van der Waals surface area contributed by atoms with E-state index in [1.807, 2.05) is 18.2 Å². The number of ether oxygens (including phenoxy) is 1. The van der Waals surface area contributed by atoms with Crippen molar-refractivity contribution in [2.24, 2.45) is 0 Å². The van der Waals surface area contributed by atoms with Crippen LogP contribution in [0.2, 0.25) is 0 Å². The summed E-state index contributed by atoms with van der Waals surface area (Å²) >= 11 is 0. The number of phenols is 1. The molecule has 0 atom stereocenters. The second kappa shape index (κ2) is 4.56. The van der Waals surface area contributed by atoms with Gasteiger partial charge in [0.05, 0.1) is 11.2 Å². The Bertz CT molecular complexity index is 410. The van der Waals surface area contributed by atoms with Gasteiger partial charge in [0, 0.05) is 25.2 Å². The average Bonchev–Trinajstić information content (AvgIpc) is 2.16. The molecule has 1 heterocycles. The first kappa shape index (κ1) is 13.4. The molecule has 0 spiro atoms. The van der Waals surface area contributed by atoms with Gasteiger partial charge in [-0.25, -0.2) is 0 Å². The average molecular weight is 249 g/mol. The number of hydrogen-bond donors (Lipinski definition) is 1. The molecule has 1 aliphatic heterocycles. The summed E-state index contributed by atoms with van der Waals surface area (Å²) in [6, 6.07) is 7.54. The van der Waals surface area contributed by atoms with E-state index in [9.17, 15) is 5.11 Å². The minimum Gasteiger partial charge on any atom is -0.508 e. The second-order valence-corrected chi connectivity index (χ2v) is 6.40. The van der Waals surface area contributed by atoms with Gasteiger partial charge in [-0.1, -0.05) is 18.2 Å². The summed E-state index contributed by atoms with van der Waals surface area (Å²) in [5, 5.41) is 9.84. The van der Waals surface area contributed by atoms with Crippen molar-refractivity contribution in [2.75, 3.05) is 13.1 Å². The fraction of sp³-hybridized carbons (Fsp3) is 0.600. The van der Waals surface area contributed by atoms with Gasteiger partial charge in [-0.15, -0.1) is 0 Å². The molecule has 0 aromatic heterocycles. The molecule has 3 heteroatoms. The summed E-state index contributed by atoms with van der Waals surface area (Å²) in [6.45, 7) is 11.0. The first-order valence-corrected chi connectivity index (χ1v) is 6.47. The Morgan fingerprint density at radius 2 is 1.67 bits per heavy atom. The summed E-state index contributed by atoms with van der Waals surface area (Å²) in [5.74, 6) is 0.375. The quantitative estimate of drug-likeness (QED) is 0.875. The van der Waals surface area contributed by atoms with Gasteiger partial charge in [0.1, 0.15) is 5.75 Å². The smallest absolute Gasteiger partial charge is 0.120 e. The van der Waals surface area contributed by atoms with Gasteiger partial charge in [-0.3, -0.25) is 4.90 Å². The number of nitrogens with zero attached hydrogens (tertiary/aromatic N) is 1. The van der Waals surface area contributed by atoms with Crippen molar-refractivity contribution in [1.29, 1.82) is 0 Å². The van der Waals surface area contributed by atoms with Crippen molar-refractivity contribution >= 4 is 0 Å². The number of para-hydroxylation sites is 1. The molecule has 0 unspecified atom stereocenters. The van der Waals surface area contributed by atoms with Crippen molar-refractivity contribution in [2.45, 2.75) is 45.4 Å². The lowest BCUT2D eigenvalue weighted by molar-refractivity contribution is -0.182. The molecule has 18 heavy (non-hydrogen) atoms. The van der Waals surface area contributed by atoms with Gasteiger partial charge in [0.25, 0.3) is 0 Å². The lowest BCUT2D eigenvalue weighted by atomic mass is 9.98. The second-order valence-electron chi connectivity index (χ2n) is 6.40. The van der Waals surface area contributed by atoms with Crippen LogP contribution in [0.5, 0.6) is 5.75 Å². The Kier molecular flexibility index (Phi) is 3.39. The van der Waals surface area contributed by atoms with E-state index >= 15 is 0 Å². The van der Waals surface area contributed by atoms with Crippen molar-refractivity contribution in [1.82, 2.24) is 4.90 Å². The number of rotatable bonds is 2. The predicted molar refractivity (Wildman–Crippen MR) is 72.6 cm³/mol. The Hall–Kier alpha value is -1.06. The molecule has 1 aromatic rings. The maximum absolute atomic E-state index is 9.84. The number of aromatic hydroxyl groups is 1. The van der Waals surface area contributed by atoms with Crippen LogP contribution in [0, 0.1) is 0 Å². The van der Waals surface area contributed by atoms with E-state index < -0.39 is 0 Å². The molecular formula is C15H23NO2. The highest BCUT2D eigenvalue weighted by atomic mass is 16.5. The first-order valence-electron chi connectivity index (χ1n) is 6.47. The monoisotopic (exact) mass is 249 g/mol. The fourth-order valence-corrected chi connectivity index (χ4v) is 2.94. The molecule has 0 amide bonds. The van der Waals surface area contributed by atoms with Crippen molar-refractivity contribution in [3.05, 3.63) is 29.8 Å². The molecule has 2 rings (SSSR count). The molecule has 1 saturated heterocycles. The molecule has 0 aliphatic carbocycles. The van der Waals surface area contributed by atoms with E-state index in [4.69, 9.17) is 4.74 Å². The van der Waals surface area contributed by atoms with Crippen LogP contribution in [-0.4, -0.2) is 34.3 Å². The molecule has 0 saturated carbocycles. The Morgan fingerprint density at radius 1 is 1.11 bits per heavy atom. The fourth-order valence-electron chi connectivity index (χ4n) is 2.94. The van der Waals surface area contributed by atoms with Gasteiger partial charge in [0.2, 0.25) is 0 Å². The number of hydrogen-bond acceptors (Lipinski definition) is 3. The van der Waals surface area contributed by atoms with E-state index in [2.05, 4.69) is 32.6 Å². The van der Waals surface area contributed by atoms with E-state index in [1.165, 1.54) is 0 Å². The zero-order chi connectivity index (χ0) is 13.4. The molecule has 100 valence electrons. The van der Waals surface area contributed by atoms with Crippen molar-refractivity contribution in [3.63, 3.8) is 0 Å². The van der Waals surface area contributed by atoms with Crippen LogP contribution in [0.1, 0.15) is 33.3 Å². The number of morpholine rings is 1. The van der Waals surface area contributed by atoms with E-state index in [-0.39, 0.29) is 11.2 Å². The highest BCUT2D eigenvalue weighted by molar-refractivity contribution is 5.31. The number of phenolic OH excluding ortho intramolecular Hbond substituents is 1. The van der Waals surface area contributed by atoms with Gasteiger partial charge in [-0.2, -0.15) is 0 Å². The van der Waals surface area contributed by atoms with Crippen LogP contribution in [0.4, 0.5) is 0 Å². The van der Waals surface area contributed by atoms with Gasteiger partial charge >= 0.3 is 0 Å². The normalized spacial score (nSPS) is 22.9. The molecule has 3 nitrogen and oxygen atoms in total. The molecule has 1 N–H and O–H groups in total. The highest BCUT2D eigenvalue weighted by Gasteiger charge is 2.38. The Morgan fingerprint density at radius 3 is 2.22 bits per heavy atom. The third-order valence-electron chi connectivity index (χ3n) is 3.15. The topological polar surface area (TPSA) is 32.7 Å². The van der Waals surface area contributed by atoms with Gasteiger partial charge < -0.3 is 9.84 Å². The van der Waals surface area contributed by atoms with Crippen LogP contribution in [0.3, 0.4) is 0 Å². The van der Waals surface area contributed by atoms with Crippen LogP contribution in [0.25, 0.3) is 0 Å². The maximum Gasteiger partial charge on any atom is 0.120 e. The molecule has 1 aliphatic rings. The van der Waals surface area contributed by atoms with Crippen LogP contribution in [0.15, 0.2) is 24.3 Å². The molecule has 0 radical (unpaired) electrons. The summed E-state index contributed by atoms with van der Waals surface area (Å²) in [4.78, 5) is 2.35.